The van der Waals surface area contributed by atoms with Gasteiger partial charge in [-0.25, -0.2) is 4.98 Å². The second-order valence-corrected chi connectivity index (χ2v) is 7.08. The number of hydrogen-bond acceptors (Lipinski definition) is 5. The third-order valence-electron chi connectivity index (χ3n) is 5.13. The van der Waals surface area contributed by atoms with Crippen molar-refractivity contribution in [2.75, 3.05) is 13.2 Å². The van der Waals surface area contributed by atoms with Crippen molar-refractivity contribution in [1.29, 1.82) is 5.41 Å². The Morgan fingerprint density at radius 2 is 2.25 bits per heavy atom. The molecule has 0 unspecified atom stereocenters. The van der Waals surface area contributed by atoms with Crippen molar-refractivity contribution in [3.63, 3.8) is 0 Å². The number of aromatic nitrogens is 3. The molecule has 1 aliphatic rings. The number of aryl methyl sites for hydroxylation is 2. The van der Waals surface area contributed by atoms with E-state index in [2.05, 4.69) is 10.3 Å². The molecular weight excluding hydrogens is 358 g/mol. The van der Waals surface area contributed by atoms with Crippen molar-refractivity contribution < 1.29 is 9.53 Å². The van der Waals surface area contributed by atoms with Crippen LogP contribution in [0.25, 0.3) is 16.7 Å². The Balaban J connectivity index is 1.85. The van der Waals surface area contributed by atoms with E-state index in [0.717, 1.165) is 18.4 Å². The number of rotatable bonds is 4. The Hall–Kier alpha value is -3.00. The van der Waals surface area contributed by atoms with E-state index in [4.69, 9.17) is 10.1 Å². The minimum Gasteiger partial charge on any atom is -0.376 e. The maximum absolute atomic E-state index is 13.1. The number of carbonyl (C=O) groups excluding carboxylic acids is 1. The highest BCUT2D eigenvalue weighted by atomic mass is 16.5. The highest BCUT2D eigenvalue weighted by Crippen LogP contribution is 2.13. The van der Waals surface area contributed by atoms with Gasteiger partial charge >= 0.3 is 0 Å². The molecule has 28 heavy (non-hydrogen) atoms. The van der Waals surface area contributed by atoms with Gasteiger partial charge in [0.1, 0.15) is 16.8 Å². The predicted molar refractivity (Wildman–Crippen MR) is 105 cm³/mol. The first-order valence-electron chi connectivity index (χ1n) is 9.50. The molecule has 3 aromatic rings. The smallest absolute Gasteiger partial charge is 0.267 e. The number of ether oxygens (including phenoxy) is 1. The van der Waals surface area contributed by atoms with Crippen LogP contribution in [0.4, 0.5) is 0 Å². The fourth-order valence-electron chi connectivity index (χ4n) is 3.63. The molecule has 8 heteroatoms. The molecule has 0 bridgehead atoms. The first-order valence-corrected chi connectivity index (χ1v) is 9.50. The third-order valence-corrected chi connectivity index (χ3v) is 5.13. The van der Waals surface area contributed by atoms with Crippen LogP contribution in [0.3, 0.4) is 0 Å². The molecule has 4 rings (SSSR count). The minimum atomic E-state index is -0.377. The lowest BCUT2D eigenvalue weighted by molar-refractivity contribution is 0.0856. The van der Waals surface area contributed by atoms with Gasteiger partial charge in [-0.15, -0.1) is 0 Å². The van der Waals surface area contributed by atoms with Crippen LogP contribution in [-0.4, -0.2) is 39.1 Å². The summed E-state index contributed by atoms with van der Waals surface area (Å²) in [6, 6.07) is 5.15. The number of nitrogens with zero attached hydrogens (tertiary/aromatic N) is 3. The average molecular weight is 381 g/mol. The monoisotopic (exact) mass is 381 g/mol. The molecule has 146 valence electrons. The van der Waals surface area contributed by atoms with Crippen LogP contribution < -0.4 is 16.4 Å². The van der Waals surface area contributed by atoms with Crippen LogP contribution in [0.15, 0.2) is 29.2 Å². The lowest BCUT2D eigenvalue weighted by Crippen LogP contribution is -2.37. The zero-order valence-electron chi connectivity index (χ0n) is 16.0. The average Bonchev–Trinajstić information content (AvgIpc) is 3.20. The predicted octanol–water partition coefficient (Wildman–Crippen LogP) is 1.37. The van der Waals surface area contributed by atoms with Gasteiger partial charge in [0.15, 0.2) is 0 Å². The summed E-state index contributed by atoms with van der Waals surface area (Å²) in [4.78, 5) is 30.4. The molecule has 0 radical (unpaired) electrons. The van der Waals surface area contributed by atoms with Gasteiger partial charge in [-0.1, -0.05) is 6.07 Å². The summed E-state index contributed by atoms with van der Waals surface area (Å²) in [6.07, 6.45) is 3.64. The Morgan fingerprint density at radius 1 is 1.43 bits per heavy atom. The fraction of sp³-hybridized carbons (Fsp3) is 0.400. The van der Waals surface area contributed by atoms with Gasteiger partial charge in [0.25, 0.3) is 11.5 Å². The van der Waals surface area contributed by atoms with E-state index in [1.165, 1.54) is 10.5 Å². The number of pyridine rings is 2. The van der Waals surface area contributed by atoms with E-state index in [0.29, 0.717) is 36.4 Å². The summed E-state index contributed by atoms with van der Waals surface area (Å²) in [7, 11) is 0. The van der Waals surface area contributed by atoms with Crippen molar-refractivity contribution in [3.8, 4) is 0 Å². The molecule has 0 aliphatic carbocycles. The molecule has 0 saturated carbocycles. The van der Waals surface area contributed by atoms with Gasteiger partial charge in [-0.2, -0.15) is 0 Å². The summed E-state index contributed by atoms with van der Waals surface area (Å²) in [5, 5.41) is 11.6. The van der Waals surface area contributed by atoms with Crippen LogP contribution in [-0.2, 0) is 11.3 Å². The summed E-state index contributed by atoms with van der Waals surface area (Å²) in [5.74, 6) is -0.377. The Morgan fingerprint density at radius 3 is 2.96 bits per heavy atom. The van der Waals surface area contributed by atoms with Crippen LogP contribution in [0.1, 0.15) is 35.7 Å². The number of amides is 1. The summed E-state index contributed by atoms with van der Waals surface area (Å²) in [6.45, 7) is 5.31. The molecule has 3 aromatic heterocycles. The van der Waals surface area contributed by atoms with Crippen LogP contribution in [0, 0.1) is 12.3 Å². The van der Waals surface area contributed by atoms with Gasteiger partial charge in [0.2, 0.25) is 0 Å². The number of fused-ring (bicyclic) bond motifs is 2. The normalized spacial score (nSPS) is 16.7. The summed E-state index contributed by atoms with van der Waals surface area (Å²) >= 11 is 0. The first-order chi connectivity index (χ1) is 13.5. The molecule has 1 amide bonds. The maximum atomic E-state index is 13.1. The van der Waals surface area contributed by atoms with E-state index in [1.54, 1.807) is 16.8 Å². The first kappa shape index (κ1) is 18.4. The zero-order chi connectivity index (χ0) is 19.8. The quantitative estimate of drug-likeness (QED) is 0.667. The van der Waals surface area contributed by atoms with Gasteiger partial charge in [-0.3, -0.25) is 19.4 Å². The molecule has 8 nitrogen and oxygen atoms in total. The molecule has 1 atom stereocenters. The van der Waals surface area contributed by atoms with E-state index in [-0.39, 0.29) is 28.6 Å². The second kappa shape index (κ2) is 7.20. The van der Waals surface area contributed by atoms with Crippen molar-refractivity contribution in [1.82, 2.24) is 19.3 Å². The topological polar surface area (TPSA) is 101 Å². The van der Waals surface area contributed by atoms with Crippen LogP contribution in [0.2, 0.25) is 0 Å². The van der Waals surface area contributed by atoms with Crippen LogP contribution >= 0.6 is 0 Å². The molecule has 0 aromatic carbocycles. The van der Waals surface area contributed by atoms with Crippen molar-refractivity contribution in [2.45, 2.75) is 39.3 Å². The van der Waals surface area contributed by atoms with Gasteiger partial charge in [0, 0.05) is 25.9 Å². The van der Waals surface area contributed by atoms with E-state index in [1.807, 2.05) is 19.9 Å². The minimum absolute atomic E-state index is 0.0103. The summed E-state index contributed by atoms with van der Waals surface area (Å²) in [5.41, 5.74) is 1.82. The standard InChI is InChI=1S/C20H23N5O3/c1-3-24-17(21)14(19(26)22-10-13-5-4-8-28-13)9-15-18(24)23-16-7-6-12(2)11-25(16)20(15)27/h6-7,9,11,13,21H,3-5,8,10H2,1-2H3,(H,22,26)/t13-/m1/s1. The van der Waals surface area contributed by atoms with E-state index >= 15 is 0 Å². The zero-order valence-corrected chi connectivity index (χ0v) is 16.0. The van der Waals surface area contributed by atoms with Crippen molar-refractivity contribution >= 4 is 22.6 Å². The molecule has 1 saturated heterocycles. The van der Waals surface area contributed by atoms with E-state index in [9.17, 15) is 9.59 Å². The summed E-state index contributed by atoms with van der Waals surface area (Å²) < 4.78 is 8.61. The second-order valence-electron chi connectivity index (χ2n) is 7.08. The fourth-order valence-corrected chi connectivity index (χ4v) is 3.63. The largest absolute Gasteiger partial charge is 0.376 e. The molecule has 1 fully saturated rings. The Kier molecular flexibility index (Phi) is 4.72. The van der Waals surface area contributed by atoms with Gasteiger partial charge < -0.3 is 14.6 Å². The molecule has 2 N–H and O–H groups in total. The molecule has 1 aliphatic heterocycles. The molecular formula is C20H23N5O3. The van der Waals surface area contributed by atoms with Crippen LogP contribution in [0.5, 0.6) is 0 Å². The highest BCUT2D eigenvalue weighted by Gasteiger charge is 2.20. The number of nitrogens with one attached hydrogen (secondary N) is 2. The lowest BCUT2D eigenvalue weighted by atomic mass is 10.2. The van der Waals surface area contributed by atoms with Gasteiger partial charge in [0.05, 0.1) is 17.1 Å². The molecule has 4 heterocycles. The maximum Gasteiger partial charge on any atom is 0.267 e. The Bertz CT molecular complexity index is 1190. The Labute approximate surface area is 161 Å². The van der Waals surface area contributed by atoms with Crippen molar-refractivity contribution in [2.24, 2.45) is 0 Å². The third kappa shape index (κ3) is 3.09. The highest BCUT2D eigenvalue weighted by molar-refractivity contribution is 5.96. The SMILES string of the molecule is CCn1c(=N)c(C(=O)NC[C@H]2CCCO2)cc2c(=O)n3cc(C)ccc3nc21. The van der Waals surface area contributed by atoms with E-state index < -0.39 is 0 Å². The van der Waals surface area contributed by atoms with Crippen molar-refractivity contribution in [3.05, 3.63) is 51.4 Å². The number of carbonyl (C=O) groups is 1. The molecule has 0 spiro atoms. The number of hydrogen-bond donors (Lipinski definition) is 2. The lowest BCUT2D eigenvalue weighted by Gasteiger charge is -2.14. The van der Waals surface area contributed by atoms with Gasteiger partial charge in [-0.05, 0) is 44.4 Å².